The second-order valence-corrected chi connectivity index (χ2v) is 6.90. The standard InChI is InChI=1S/C19H20N2O3S/c22-25(23,24)16-13-17(11-14-20-18-7-3-1-4-8-18)12-15-21-19-9-5-2-6-10-19/h1-11,14-15H,12-13,16H2,(H,22,23,24). The molecule has 6 heteroatoms. The minimum atomic E-state index is -4.00. The van der Waals surface area contributed by atoms with E-state index in [9.17, 15) is 8.42 Å². The summed E-state index contributed by atoms with van der Waals surface area (Å²) >= 11 is 0. The largest absolute Gasteiger partial charge is 0.286 e. The summed E-state index contributed by atoms with van der Waals surface area (Å²) in [5.41, 5.74) is 2.46. The first kappa shape index (κ1) is 18.8. The van der Waals surface area contributed by atoms with Crippen molar-refractivity contribution in [1.82, 2.24) is 0 Å². The average molecular weight is 356 g/mol. The molecule has 2 rings (SSSR count). The van der Waals surface area contributed by atoms with Crippen LogP contribution in [0.3, 0.4) is 0 Å². The quantitative estimate of drug-likeness (QED) is 0.563. The topological polar surface area (TPSA) is 79.1 Å². The molecule has 0 aromatic heterocycles. The Hall–Kier alpha value is -2.57. The molecule has 0 aliphatic carbocycles. The van der Waals surface area contributed by atoms with E-state index in [1.165, 1.54) is 0 Å². The van der Waals surface area contributed by atoms with E-state index < -0.39 is 10.1 Å². The molecule has 0 aliphatic rings. The monoisotopic (exact) mass is 356 g/mol. The van der Waals surface area contributed by atoms with Gasteiger partial charge in [-0.15, -0.1) is 0 Å². The van der Waals surface area contributed by atoms with Gasteiger partial charge in [-0.1, -0.05) is 42.0 Å². The van der Waals surface area contributed by atoms with E-state index in [1.54, 1.807) is 18.5 Å². The van der Waals surface area contributed by atoms with E-state index in [4.69, 9.17) is 4.55 Å². The molecule has 0 saturated carbocycles. The third kappa shape index (κ3) is 8.19. The van der Waals surface area contributed by atoms with Crippen molar-refractivity contribution in [3.63, 3.8) is 0 Å². The molecule has 2 aromatic rings. The number of aliphatic imine (C=N–C) groups is 2. The van der Waals surface area contributed by atoms with E-state index in [1.807, 2.05) is 60.7 Å². The van der Waals surface area contributed by atoms with Gasteiger partial charge in [0.1, 0.15) is 0 Å². The second-order valence-electron chi connectivity index (χ2n) is 5.33. The van der Waals surface area contributed by atoms with Crippen LogP contribution in [0.15, 0.2) is 82.3 Å². The van der Waals surface area contributed by atoms with Gasteiger partial charge in [0.05, 0.1) is 17.1 Å². The second kappa shape index (κ2) is 9.66. The lowest BCUT2D eigenvalue weighted by atomic mass is 10.1. The fourth-order valence-electron chi connectivity index (χ4n) is 2.04. The first-order chi connectivity index (χ1) is 12.0. The van der Waals surface area contributed by atoms with Crippen LogP contribution < -0.4 is 0 Å². The predicted octanol–water partition coefficient (Wildman–Crippen LogP) is 4.39. The number of hydrogen-bond donors (Lipinski definition) is 1. The van der Waals surface area contributed by atoms with Gasteiger partial charge in [0.15, 0.2) is 0 Å². The molecule has 0 heterocycles. The molecule has 1 N–H and O–H groups in total. The van der Waals surface area contributed by atoms with Gasteiger partial charge in [-0.3, -0.25) is 14.5 Å². The van der Waals surface area contributed by atoms with Gasteiger partial charge in [-0.2, -0.15) is 8.42 Å². The minimum absolute atomic E-state index is 0.223. The fourth-order valence-corrected chi connectivity index (χ4v) is 2.56. The van der Waals surface area contributed by atoms with E-state index in [0.717, 1.165) is 16.9 Å². The zero-order chi connectivity index (χ0) is 18.0. The lowest BCUT2D eigenvalue weighted by Gasteiger charge is -2.02. The summed E-state index contributed by atoms with van der Waals surface area (Å²) in [6, 6.07) is 18.9. The molecular formula is C19H20N2O3S. The maximum Gasteiger partial charge on any atom is 0.265 e. The van der Waals surface area contributed by atoms with E-state index in [-0.39, 0.29) is 12.2 Å². The SMILES string of the molecule is O=S(=O)(O)CCC(=CC=Nc1ccccc1)CC=Nc1ccccc1. The first-order valence-electron chi connectivity index (χ1n) is 7.83. The highest BCUT2D eigenvalue weighted by atomic mass is 32.2. The molecule has 0 spiro atoms. The number of allylic oxidation sites excluding steroid dienone is 2. The van der Waals surface area contributed by atoms with Crippen LogP contribution in [0.25, 0.3) is 0 Å². The van der Waals surface area contributed by atoms with Crippen LogP contribution in [0, 0.1) is 0 Å². The summed E-state index contributed by atoms with van der Waals surface area (Å²) in [7, 11) is -4.00. The zero-order valence-electron chi connectivity index (χ0n) is 13.7. The Labute approximate surface area is 148 Å². The third-order valence-electron chi connectivity index (χ3n) is 3.32. The van der Waals surface area contributed by atoms with Crippen LogP contribution in [-0.4, -0.2) is 31.2 Å². The lowest BCUT2D eigenvalue weighted by Crippen LogP contribution is -2.05. The lowest BCUT2D eigenvalue weighted by molar-refractivity contribution is 0.482. The van der Waals surface area contributed by atoms with Gasteiger partial charge in [0, 0.05) is 18.9 Å². The van der Waals surface area contributed by atoms with Gasteiger partial charge < -0.3 is 0 Å². The first-order valence-corrected chi connectivity index (χ1v) is 9.44. The molecule has 0 fully saturated rings. The highest BCUT2D eigenvalue weighted by Gasteiger charge is 2.06. The van der Waals surface area contributed by atoms with Crippen molar-refractivity contribution in [2.75, 3.05) is 5.75 Å². The van der Waals surface area contributed by atoms with Crippen LogP contribution in [0.2, 0.25) is 0 Å². The predicted molar refractivity (Wildman–Crippen MR) is 103 cm³/mol. The summed E-state index contributed by atoms with van der Waals surface area (Å²) < 4.78 is 30.9. The maximum atomic E-state index is 11.0. The van der Waals surface area contributed by atoms with Crippen molar-refractivity contribution < 1.29 is 13.0 Å². The molecule has 0 radical (unpaired) electrons. The maximum absolute atomic E-state index is 11.0. The molecule has 25 heavy (non-hydrogen) atoms. The van der Waals surface area contributed by atoms with Crippen molar-refractivity contribution in [2.45, 2.75) is 12.8 Å². The highest BCUT2D eigenvalue weighted by molar-refractivity contribution is 7.85. The number of rotatable bonds is 8. The minimum Gasteiger partial charge on any atom is -0.286 e. The van der Waals surface area contributed by atoms with Crippen LogP contribution in [0.1, 0.15) is 12.8 Å². The van der Waals surface area contributed by atoms with Crippen molar-refractivity contribution in [3.8, 4) is 0 Å². The Kier molecular flexibility index (Phi) is 7.25. The number of benzene rings is 2. The molecule has 0 saturated heterocycles. The van der Waals surface area contributed by atoms with Crippen LogP contribution >= 0.6 is 0 Å². The Bertz CT molecular complexity index is 843. The average Bonchev–Trinajstić information content (AvgIpc) is 2.60. The van der Waals surface area contributed by atoms with Crippen LogP contribution in [0.4, 0.5) is 11.4 Å². The van der Waals surface area contributed by atoms with E-state index in [2.05, 4.69) is 9.98 Å². The molecule has 0 atom stereocenters. The molecule has 2 aromatic carbocycles. The smallest absolute Gasteiger partial charge is 0.265 e. The number of para-hydroxylation sites is 2. The fraction of sp³-hybridized carbons (Fsp3) is 0.158. The normalized spacial score (nSPS) is 12.9. The van der Waals surface area contributed by atoms with Crippen molar-refractivity contribution >= 4 is 33.9 Å². The number of hydrogen-bond acceptors (Lipinski definition) is 4. The molecule has 0 unspecified atom stereocenters. The van der Waals surface area contributed by atoms with E-state index in [0.29, 0.717) is 6.42 Å². The van der Waals surface area contributed by atoms with Gasteiger partial charge in [-0.25, -0.2) is 0 Å². The zero-order valence-corrected chi connectivity index (χ0v) is 14.5. The van der Waals surface area contributed by atoms with Gasteiger partial charge >= 0.3 is 0 Å². The molecule has 0 aliphatic heterocycles. The van der Waals surface area contributed by atoms with Gasteiger partial charge in [0.25, 0.3) is 10.1 Å². The summed E-state index contributed by atoms with van der Waals surface area (Å²) in [6.45, 7) is 0. The summed E-state index contributed by atoms with van der Waals surface area (Å²) in [5, 5.41) is 0. The summed E-state index contributed by atoms with van der Waals surface area (Å²) in [5.74, 6) is -0.322. The number of nitrogens with zero attached hydrogens (tertiary/aromatic N) is 2. The molecular weight excluding hydrogens is 336 g/mol. The Morgan fingerprint density at radius 1 is 0.920 bits per heavy atom. The van der Waals surface area contributed by atoms with Gasteiger partial charge in [0.2, 0.25) is 0 Å². The van der Waals surface area contributed by atoms with Crippen LogP contribution in [-0.2, 0) is 10.1 Å². The van der Waals surface area contributed by atoms with Crippen molar-refractivity contribution in [2.24, 2.45) is 9.98 Å². The summed E-state index contributed by atoms with van der Waals surface area (Å²) in [4.78, 5) is 8.63. The van der Waals surface area contributed by atoms with Crippen molar-refractivity contribution in [3.05, 3.63) is 72.3 Å². The van der Waals surface area contributed by atoms with Gasteiger partial charge in [-0.05, 0) is 36.8 Å². The molecule has 130 valence electrons. The molecule has 0 bridgehead atoms. The highest BCUT2D eigenvalue weighted by Crippen LogP contribution is 2.13. The Morgan fingerprint density at radius 2 is 1.48 bits per heavy atom. The van der Waals surface area contributed by atoms with Crippen molar-refractivity contribution in [1.29, 1.82) is 0 Å². The Balaban J connectivity index is 2.05. The Morgan fingerprint density at radius 3 is 2.04 bits per heavy atom. The molecule has 0 amide bonds. The third-order valence-corrected chi connectivity index (χ3v) is 4.04. The van der Waals surface area contributed by atoms with E-state index >= 15 is 0 Å². The molecule has 5 nitrogen and oxygen atoms in total. The van der Waals surface area contributed by atoms with Crippen LogP contribution in [0.5, 0.6) is 0 Å². The summed E-state index contributed by atoms with van der Waals surface area (Å²) in [6.07, 6.45) is 5.81.